The summed E-state index contributed by atoms with van der Waals surface area (Å²) in [5.74, 6) is 1.70. The molecule has 2 heteroatoms. The van der Waals surface area contributed by atoms with Gasteiger partial charge >= 0.3 is 0 Å². The first kappa shape index (κ1) is 45.0. The first-order valence-corrected chi connectivity index (χ1v) is 23.3. The first-order chi connectivity index (χ1) is 26.2. The molecule has 0 amide bonds. The average Bonchev–Trinajstić information content (AvgIpc) is 3.65. The van der Waals surface area contributed by atoms with E-state index in [2.05, 4.69) is 98.4 Å². The van der Waals surface area contributed by atoms with Crippen molar-refractivity contribution >= 4 is 0 Å². The smallest absolute Gasteiger partial charge is 0.112 e. The van der Waals surface area contributed by atoms with Crippen LogP contribution in [0.4, 0.5) is 0 Å². The number of nitrogens with zero attached hydrogens (tertiary/aromatic N) is 2. The normalized spacial score (nSPS) is 13.3. The van der Waals surface area contributed by atoms with Crippen LogP contribution in [0.25, 0.3) is 0 Å². The van der Waals surface area contributed by atoms with Crippen molar-refractivity contribution in [2.24, 2.45) is 0 Å². The summed E-state index contributed by atoms with van der Waals surface area (Å²) in [7, 11) is 0. The third-order valence-electron chi connectivity index (χ3n) is 12.3. The van der Waals surface area contributed by atoms with Crippen molar-refractivity contribution in [3.05, 3.63) is 90.0 Å². The Morgan fingerprint density at radius 3 is 1.34 bits per heavy atom. The first-order valence-electron chi connectivity index (χ1n) is 23.3. The number of benzene rings is 2. The molecular formula is C51H84N2. The van der Waals surface area contributed by atoms with Crippen molar-refractivity contribution in [1.29, 1.82) is 0 Å². The van der Waals surface area contributed by atoms with Crippen LogP contribution in [-0.2, 0) is 18.4 Å². The number of imidazole rings is 1. The molecule has 1 heterocycles. The van der Waals surface area contributed by atoms with E-state index < -0.39 is 0 Å². The van der Waals surface area contributed by atoms with Crippen LogP contribution in [0.3, 0.4) is 0 Å². The van der Waals surface area contributed by atoms with Crippen molar-refractivity contribution in [3.8, 4) is 0 Å². The van der Waals surface area contributed by atoms with Crippen LogP contribution in [0.1, 0.15) is 230 Å². The standard InChI is InChI=1S/C51H84N2/c1-4-6-8-10-12-14-16-18-19-20-22-24-26-28-36-42-49(51(3,48-40-34-31-35-41-48)46-47-38-32-30-33-39-47)50-52-43-45-53(50)44-37-29-27-25-23-21-17-15-13-11-9-7-5-2/h30-35,38-41,43,45,49H,4-29,36-37,42,44,46H2,1-3H3. The highest BCUT2D eigenvalue weighted by Crippen LogP contribution is 2.44. The summed E-state index contributed by atoms with van der Waals surface area (Å²) >= 11 is 0. The largest absolute Gasteiger partial charge is 0.335 e. The third kappa shape index (κ3) is 19.2. The molecule has 0 aliphatic heterocycles. The summed E-state index contributed by atoms with van der Waals surface area (Å²) in [5.41, 5.74) is 2.85. The average molecular weight is 725 g/mol. The fourth-order valence-electron chi connectivity index (χ4n) is 8.84. The van der Waals surface area contributed by atoms with E-state index >= 15 is 0 Å². The molecule has 298 valence electrons. The Morgan fingerprint density at radius 1 is 0.491 bits per heavy atom. The number of unbranched alkanes of at least 4 members (excludes halogenated alkanes) is 26. The fraction of sp³-hybridized carbons (Fsp3) is 0.706. The van der Waals surface area contributed by atoms with Crippen LogP contribution in [0.15, 0.2) is 73.1 Å². The number of aromatic nitrogens is 2. The highest BCUT2D eigenvalue weighted by Gasteiger charge is 2.39. The molecule has 2 nitrogen and oxygen atoms in total. The molecule has 0 radical (unpaired) electrons. The number of aryl methyl sites for hydroxylation is 1. The summed E-state index contributed by atoms with van der Waals surface area (Å²) < 4.78 is 2.54. The Balaban J connectivity index is 1.51. The lowest BCUT2D eigenvalue weighted by Gasteiger charge is -2.39. The van der Waals surface area contributed by atoms with Crippen molar-refractivity contribution < 1.29 is 0 Å². The highest BCUT2D eigenvalue weighted by atomic mass is 15.1. The van der Waals surface area contributed by atoms with Gasteiger partial charge in [-0.15, -0.1) is 0 Å². The van der Waals surface area contributed by atoms with Crippen LogP contribution < -0.4 is 0 Å². The maximum absolute atomic E-state index is 5.18. The van der Waals surface area contributed by atoms with Gasteiger partial charge in [0, 0.05) is 30.3 Å². The Morgan fingerprint density at radius 2 is 0.887 bits per heavy atom. The Kier molecular flexibility index (Phi) is 25.4. The van der Waals surface area contributed by atoms with E-state index in [1.807, 2.05) is 0 Å². The number of rotatable bonds is 35. The Labute approximate surface area is 329 Å². The van der Waals surface area contributed by atoms with Gasteiger partial charge in [-0.25, -0.2) is 4.98 Å². The van der Waals surface area contributed by atoms with Crippen molar-refractivity contribution in [3.63, 3.8) is 0 Å². The van der Waals surface area contributed by atoms with Crippen molar-refractivity contribution in [2.45, 2.75) is 231 Å². The van der Waals surface area contributed by atoms with Gasteiger partial charge in [0.15, 0.2) is 0 Å². The minimum Gasteiger partial charge on any atom is -0.335 e. The lowest BCUT2D eigenvalue weighted by molar-refractivity contribution is 0.321. The lowest BCUT2D eigenvalue weighted by Crippen LogP contribution is -2.35. The summed E-state index contributed by atoms with van der Waals surface area (Å²) in [5, 5.41) is 0. The predicted molar refractivity (Wildman–Crippen MR) is 234 cm³/mol. The highest BCUT2D eigenvalue weighted by molar-refractivity contribution is 5.33. The topological polar surface area (TPSA) is 17.8 Å². The van der Waals surface area contributed by atoms with E-state index in [-0.39, 0.29) is 5.41 Å². The van der Waals surface area contributed by atoms with E-state index in [1.54, 1.807) is 0 Å². The molecule has 0 saturated heterocycles. The van der Waals surface area contributed by atoms with Crippen LogP contribution >= 0.6 is 0 Å². The van der Waals surface area contributed by atoms with Gasteiger partial charge in [0.05, 0.1) is 0 Å². The molecule has 0 bridgehead atoms. The van der Waals surface area contributed by atoms with Crippen LogP contribution in [0.2, 0.25) is 0 Å². The van der Waals surface area contributed by atoms with Crippen LogP contribution in [0, 0.1) is 0 Å². The van der Waals surface area contributed by atoms with E-state index in [9.17, 15) is 0 Å². The van der Waals surface area contributed by atoms with E-state index in [1.165, 1.54) is 203 Å². The molecule has 2 aromatic carbocycles. The second-order valence-corrected chi connectivity index (χ2v) is 17.0. The van der Waals surface area contributed by atoms with E-state index in [4.69, 9.17) is 4.98 Å². The van der Waals surface area contributed by atoms with E-state index in [0.29, 0.717) is 5.92 Å². The minimum atomic E-state index is -0.0300. The molecule has 1 aromatic heterocycles. The molecule has 0 fully saturated rings. The number of hydrogen-bond donors (Lipinski definition) is 0. The number of hydrogen-bond acceptors (Lipinski definition) is 1. The molecule has 0 aliphatic rings. The zero-order chi connectivity index (χ0) is 37.5. The summed E-state index contributed by atoms with van der Waals surface area (Å²) in [6.07, 6.45) is 45.9. The van der Waals surface area contributed by atoms with Gasteiger partial charge in [0.1, 0.15) is 5.82 Å². The maximum atomic E-state index is 5.18. The monoisotopic (exact) mass is 725 g/mol. The maximum Gasteiger partial charge on any atom is 0.112 e. The summed E-state index contributed by atoms with van der Waals surface area (Å²) in [6, 6.07) is 22.6. The Bertz CT molecular complexity index is 1220. The van der Waals surface area contributed by atoms with Gasteiger partial charge in [-0.3, -0.25) is 0 Å². The molecular weight excluding hydrogens is 641 g/mol. The second kappa shape index (κ2) is 29.9. The predicted octanol–water partition coefficient (Wildman–Crippen LogP) is 16.5. The van der Waals surface area contributed by atoms with Crippen molar-refractivity contribution in [2.75, 3.05) is 0 Å². The summed E-state index contributed by atoms with van der Waals surface area (Å²) in [4.78, 5) is 5.18. The lowest BCUT2D eigenvalue weighted by atomic mass is 9.66. The molecule has 0 N–H and O–H groups in total. The molecule has 0 saturated carbocycles. The quantitative estimate of drug-likeness (QED) is 0.0552. The van der Waals surface area contributed by atoms with Gasteiger partial charge in [0.2, 0.25) is 0 Å². The van der Waals surface area contributed by atoms with Crippen molar-refractivity contribution in [1.82, 2.24) is 9.55 Å². The SMILES string of the molecule is CCCCCCCCCCCCCCCCCC(c1nccn1CCCCCCCCCCCCCCC)C(C)(Cc1ccccc1)c1ccccc1. The molecule has 3 rings (SSSR count). The molecule has 3 aromatic rings. The van der Waals surface area contributed by atoms with Gasteiger partial charge in [-0.1, -0.05) is 255 Å². The third-order valence-corrected chi connectivity index (χ3v) is 12.3. The van der Waals surface area contributed by atoms with Gasteiger partial charge < -0.3 is 4.57 Å². The Hall–Kier alpha value is -2.35. The van der Waals surface area contributed by atoms with Gasteiger partial charge in [-0.2, -0.15) is 0 Å². The molecule has 2 atom stereocenters. The van der Waals surface area contributed by atoms with Crippen LogP contribution in [0.5, 0.6) is 0 Å². The van der Waals surface area contributed by atoms with Gasteiger partial charge in [-0.05, 0) is 30.4 Å². The molecule has 0 spiro atoms. The van der Waals surface area contributed by atoms with Gasteiger partial charge in [0.25, 0.3) is 0 Å². The molecule has 53 heavy (non-hydrogen) atoms. The molecule has 2 unspecified atom stereocenters. The van der Waals surface area contributed by atoms with E-state index in [0.717, 1.165) is 13.0 Å². The fourth-order valence-corrected chi connectivity index (χ4v) is 8.84. The second-order valence-electron chi connectivity index (χ2n) is 17.0. The zero-order valence-corrected chi connectivity index (χ0v) is 35.3. The zero-order valence-electron chi connectivity index (χ0n) is 35.3. The van der Waals surface area contributed by atoms with Crippen LogP contribution in [-0.4, -0.2) is 9.55 Å². The summed E-state index contributed by atoms with van der Waals surface area (Å²) in [6.45, 7) is 8.25. The minimum absolute atomic E-state index is 0.0300. The molecule has 0 aliphatic carbocycles.